The third kappa shape index (κ3) is 4.54. The monoisotopic (exact) mass is 241 g/mol. The van der Waals surface area contributed by atoms with Gasteiger partial charge < -0.3 is 5.73 Å². The van der Waals surface area contributed by atoms with Crippen LogP contribution < -0.4 is 5.73 Å². The van der Waals surface area contributed by atoms with Crippen LogP contribution in [0.2, 0.25) is 0 Å². The zero-order valence-electron chi connectivity index (χ0n) is 10.0. The van der Waals surface area contributed by atoms with Crippen LogP contribution >= 0.6 is 11.8 Å². The van der Waals surface area contributed by atoms with Gasteiger partial charge in [-0.25, -0.2) is 4.39 Å². The van der Waals surface area contributed by atoms with Crippen LogP contribution in [0.3, 0.4) is 0 Å². The van der Waals surface area contributed by atoms with Crippen molar-refractivity contribution in [1.29, 1.82) is 0 Å². The Morgan fingerprint density at radius 3 is 2.69 bits per heavy atom. The molecule has 0 aliphatic heterocycles. The first-order valence-electron chi connectivity index (χ1n) is 5.68. The number of halogens is 1. The quantitative estimate of drug-likeness (QED) is 0.771. The number of hydrogen-bond donors (Lipinski definition) is 1. The Morgan fingerprint density at radius 1 is 1.31 bits per heavy atom. The van der Waals surface area contributed by atoms with Gasteiger partial charge in [0, 0.05) is 12.3 Å². The molecule has 0 spiro atoms. The maximum absolute atomic E-state index is 13.1. The molecule has 1 rings (SSSR count). The van der Waals surface area contributed by atoms with E-state index in [-0.39, 0.29) is 5.82 Å². The molecule has 2 N–H and O–H groups in total. The van der Waals surface area contributed by atoms with Crippen LogP contribution in [0.1, 0.15) is 31.4 Å². The van der Waals surface area contributed by atoms with Crippen molar-refractivity contribution in [3.63, 3.8) is 0 Å². The van der Waals surface area contributed by atoms with Crippen LogP contribution in [-0.4, -0.2) is 5.75 Å². The molecule has 0 aromatic heterocycles. The van der Waals surface area contributed by atoms with E-state index >= 15 is 0 Å². The Morgan fingerprint density at radius 2 is 2.06 bits per heavy atom. The zero-order chi connectivity index (χ0) is 12.0. The van der Waals surface area contributed by atoms with Gasteiger partial charge >= 0.3 is 0 Å². The fourth-order valence-electron chi connectivity index (χ4n) is 1.43. The van der Waals surface area contributed by atoms with Crippen LogP contribution in [0.4, 0.5) is 4.39 Å². The molecule has 1 aromatic carbocycles. The van der Waals surface area contributed by atoms with Crippen molar-refractivity contribution in [3.8, 4) is 0 Å². The van der Waals surface area contributed by atoms with Gasteiger partial charge in [0.15, 0.2) is 0 Å². The molecule has 0 aliphatic rings. The van der Waals surface area contributed by atoms with E-state index in [2.05, 4.69) is 13.8 Å². The molecule has 1 nitrogen and oxygen atoms in total. The molecule has 0 bridgehead atoms. The SMILES string of the molecule is CC(C)CCSCc1cc(F)ccc1CN. The Balaban J connectivity index is 2.48. The minimum Gasteiger partial charge on any atom is -0.326 e. The Kier molecular flexibility index (Phi) is 5.85. The van der Waals surface area contributed by atoms with Crippen LogP contribution in [0.15, 0.2) is 18.2 Å². The average Bonchev–Trinajstić information content (AvgIpc) is 2.24. The van der Waals surface area contributed by atoms with Crippen molar-refractivity contribution in [2.24, 2.45) is 11.7 Å². The van der Waals surface area contributed by atoms with Gasteiger partial charge in [0.25, 0.3) is 0 Å². The Bertz CT molecular complexity index is 326. The summed E-state index contributed by atoms with van der Waals surface area (Å²) in [6, 6.07) is 4.86. The van der Waals surface area contributed by atoms with Crippen molar-refractivity contribution >= 4 is 11.8 Å². The number of hydrogen-bond acceptors (Lipinski definition) is 2. The average molecular weight is 241 g/mol. The molecule has 3 heteroatoms. The van der Waals surface area contributed by atoms with E-state index in [0.29, 0.717) is 6.54 Å². The highest BCUT2D eigenvalue weighted by molar-refractivity contribution is 7.98. The summed E-state index contributed by atoms with van der Waals surface area (Å²) in [5.41, 5.74) is 7.71. The highest BCUT2D eigenvalue weighted by Crippen LogP contribution is 2.19. The minimum atomic E-state index is -0.170. The summed E-state index contributed by atoms with van der Waals surface area (Å²) in [7, 11) is 0. The fourth-order valence-corrected chi connectivity index (χ4v) is 2.70. The number of rotatable bonds is 6. The number of nitrogens with two attached hydrogens (primary N) is 1. The summed E-state index contributed by atoms with van der Waals surface area (Å²) in [6.45, 7) is 4.92. The van der Waals surface area contributed by atoms with Crippen molar-refractivity contribution in [2.75, 3.05) is 5.75 Å². The molecule has 1 aromatic rings. The maximum Gasteiger partial charge on any atom is 0.123 e. The van der Waals surface area contributed by atoms with Gasteiger partial charge in [-0.15, -0.1) is 0 Å². The highest BCUT2D eigenvalue weighted by Gasteiger charge is 2.03. The van der Waals surface area contributed by atoms with E-state index in [9.17, 15) is 4.39 Å². The molecular formula is C13H20FNS. The standard InChI is InChI=1S/C13H20FNS/c1-10(2)5-6-16-9-12-7-13(14)4-3-11(12)8-15/h3-4,7,10H,5-6,8-9,15H2,1-2H3. The summed E-state index contributed by atoms with van der Waals surface area (Å²) < 4.78 is 13.1. The van der Waals surface area contributed by atoms with Crippen LogP contribution in [0, 0.1) is 11.7 Å². The minimum absolute atomic E-state index is 0.170. The second kappa shape index (κ2) is 6.92. The first kappa shape index (κ1) is 13.5. The summed E-state index contributed by atoms with van der Waals surface area (Å²) in [6.07, 6.45) is 1.21. The normalized spacial score (nSPS) is 11.1. The van der Waals surface area contributed by atoms with Gasteiger partial charge in [-0.3, -0.25) is 0 Å². The lowest BCUT2D eigenvalue weighted by Gasteiger charge is -2.08. The molecule has 0 saturated heterocycles. The molecule has 90 valence electrons. The van der Waals surface area contributed by atoms with Gasteiger partial charge in [0.1, 0.15) is 5.82 Å². The Hall–Kier alpha value is -0.540. The van der Waals surface area contributed by atoms with Crippen LogP contribution in [-0.2, 0) is 12.3 Å². The summed E-state index contributed by atoms with van der Waals surface area (Å²) in [5, 5.41) is 0. The lowest BCUT2D eigenvalue weighted by molar-refractivity contribution is 0.625. The highest BCUT2D eigenvalue weighted by atomic mass is 32.2. The smallest absolute Gasteiger partial charge is 0.123 e. The second-order valence-corrected chi connectivity index (χ2v) is 5.46. The summed E-state index contributed by atoms with van der Waals surface area (Å²) in [5.74, 6) is 2.54. The molecule has 0 amide bonds. The van der Waals surface area contributed by atoms with Crippen LogP contribution in [0.25, 0.3) is 0 Å². The van der Waals surface area contributed by atoms with E-state index in [1.54, 1.807) is 12.1 Å². The topological polar surface area (TPSA) is 26.0 Å². The Labute approximate surface area is 102 Å². The van der Waals surface area contributed by atoms with Crippen molar-refractivity contribution in [3.05, 3.63) is 35.1 Å². The summed E-state index contributed by atoms with van der Waals surface area (Å²) in [4.78, 5) is 0. The van der Waals surface area contributed by atoms with Gasteiger partial charge in [0.05, 0.1) is 0 Å². The lowest BCUT2D eigenvalue weighted by Crippen LogP contribution is -2.01. The second-order valence-electron chi connectivity index (χ2n) is 4.35. The molecule has 0 atom stereocenters. The van der Waals surface area contributed by atoms with Gasteiger partial charge in [0.2, 0.25) is 0 Å². The van der Waals surface area contributed by atoms with E-state index in [1.165, 1.54) is 12.5 Å². The molecule has 0 unspecified atom stereocenters. The number of benzene rings is 1. The van der Waals surface area contributed by atoms with Crippen molar-refractivity contribution < 1.29 is 4.39 Å². The van der Waals surface area contributed by atoms with E-state index < -0.39 is 0 Å². The molecular weight excluding hydrogens is 221 g/mol. The predicted octanol–water partition coefficient (Wildman–Crippen LogP) is 3.56. The number of thioether (sulfide) groups is 1. The largest absolute Gasteiger partial charge is 0.326 e. The molecule has 0 radical (unpaired) electrons. The molecule has 0 heterocycles. The van der Waals surface area contributed by atoms with Gasteiger partial charge in [-0.1, -0.05) is 19.9 Å². The van der Waals surface area contributed by atoms with Crippen molar-refractivity contribution in [1.82, 2.24) is 0 Å². The van der Waals surface area contributed by atoms with Gasteiger partial charge in [-0.05, 0) is 41.4 Å². The van der Waals surface area contributed by atoms with E-state index in [0.717, 1.165) is 28.6 Å². The lowest BCUT2D eigenvalue weighted by atomic mass is 10.1. The zero-order valence-corrected chi connectivity index (χ0v) is 10.8. The van der Waals surface area contributed by atoms with Crippen molar-refractivity contribution in [2.45, 2.75) is 32.6 Å². The molecule has 0 saturated carbocycles. The first-order valence-corrected chi connectivity index (χ1v) is 6.84. The molecule has 0 aliphatic carbocycles. The molecule has 0 fully saturated rings. The maximum atomic E-state index is 13.1. The van der Waals surface area contributed by atoms with Crippen LogP contribution in [0.5, 0.6) is 0 Å². The third-order valence-corrected chi connectivity index (χ3v) is 3.52. The first-order chi connectivity index (χ1) is 7.63. The van der Waals surface area contributed by atoms with E-state index in [4.69, 9.17) is 5.73 Å². The molecule has 16 heavy (non-hydrogen) atoms. The van der Waals surface area contributed by atoms with E-state index in [1.807, 2.05) is 11.8 Å². The third-order valence-electron chi connectivity index (χ3n) is 2.49. The fraction of sp³-hybridized carbons (Fsp3) is 0.538. The predicted molar refractivity (Wildman–Crippen MR) is 69.9 cm³/mol. The summed E-state index contributed by atoms with van der Waals surface area (Å²) >= 11 is 1.85. The van der Waals surface area contributed by atoms with Gasteiger partial charge in [-0.2, -0.15) is 11.8 Å².